The Labute approximate surface area is 94.8 Å². The second-order valence-electron chi connectivity index (χ2n) is 3.61. The number of hydrogen-bond donors (Lipinski definition) is 1. The first kappa shape index (κ1) is 12.4. The van der Waals surface area contributed by atoms with Crippen LogP contribution >= 0.6 is 0 Å². The molecule has 0 radical (unpaired) electrons. The average molecular weight is 223 g/mol. The Hall–Kier alpha value is -1.65. The molecule has 0 atom stereocenters. The number of carbonyl (C=O) groups is 1. The molecule has 1 rings (SSSR count). The highest BCUT2D eigenvalue weighted by molar-refractivity contribution is 5.86. The van der Waals surface area contributed by atoms with Crippen LogP contribution in [0.3, 0.4) is 0 Å². The van der Waals surface area contributed by atoms with E-state index in [1.165, 1.54) is 0 Å². The maximum Gasteiger partial charge on any atom is 0.358 e. The van der Waals surface area contributed by atoms with Crippen molar-refractivity contribution in [3.05, 3.63) is 24.0 Å². The summed E-state index contributed by atoms with van der Waals surface area (Å²) in [5.74, 6) is -1.03. The van der Waals surface area contributed by atoms with E-state index in [1.54, 1.807) is 10.8 Å². The Morgan fingerprint density at radius 3 is 2.88 bits per heavy atom. The Balaban J connectivity index is 2.82. The van der Waals surface area contributed by atoms with Crippen LogP contribution in [0.25, 0.3) is 0 Å². The third-order valence-corrected chi connectivity index (χ3v) is 2.35. The van der Waals surface area contributed by atoms with E-state index in [2.05, 4.69) is 23.8 Å². The summed E-state index contributed by atoms with van der Waals surface area (Å²) in [6.07, 6.45) is 5.37. The summed E-state index contributed by atoms with van der Waals surface area (Å²) in [5.41, 5.74) is 0.676. The van der Waals surface area contributed by atoms with E-state index in [-0.39, 0.29) is 5.69 Å². The zero-order valence-electron chi connectivity index (χ0n) is 9.52. The number of rotatable bonds is 7. The van der Waals surface area contributed by atoms with Gasteiger partial charge in [-0.1, -0.05) is 31.1 Å². The summed E-state index contributed by atoms with van der Waals surface area (Å²) in [6, 6.07) is 0. The Bertz CT molecular complexity index is 371. The molecule has 5 heteroatoms. The summed E-state index contributed by atoms with van der Waals surface area (Å²) in [5, 5.41) is 16.5. The van der Waals surface area contributed by atoms with Crippen LogP contribution in [0.5, 0.6) is 0 Å². The largest absolute Gasteiger partial charge is 0.476 e. The minimum atomic E-state index is -1.03. The number of aryl methyl sites for hydroxylation is 1. The molecule has 0 amide bonds. The van der Waals surface area contributed by atoms with Crippen molar-refractivity contribution in [1.29, 1.82) is 0 Å². The van der Waals surface area contributed by atoms with Crippen molar-refractivity contribution in [3.63, 3.8) is 0 Å². The van der Waals surface area contributed by atoms with Gasteiger partial charge in [-0.05, 0) is 6.42 Å². The zero-order valence-corrected chi connectivity index (χ0v) is 9.52. The van der Waals surface area contributed by atoms with Gasteiger partial charge in [0, 0.05) is 13.0 Å². The monoisotopic (exact) mass is 223 g/mol. The molecule has 1 N–H and O–H groups in total. The summed E-state index contributed by atoms with van der Waals surface area (Å²) in [7, 11) is 0. The first-order valence-corrected chi connectivity index (χ1v) is 5.47. The van der Waals surface area contributed by atoms with Crippen molar-refractivity contribution in [2.75, 3.05) is 0 Å². The van der Waals surface area contributed by atoms with Gasteiger partial charge in [-0.15, -0.1) is 11.7 Å². The van der Waals surface area contributed by atoms with Gasteiger partial charge in [0.1, 0.15) is 0 Å². The van der Waals surface area contributed by atoms with E-state index < -0.39 is 5.97 Å². The van der Waals surface area contributed by atoms with Gasteiger partial charge in [-0.3, -0.25) is 0 Å². The van der Waals surface area contributed by atoms with Gasteiger partial charge in [0.25, 0.3) is 0 Å². The third kappa shape index (κ3) is 2.92. The van der Waals surface area contributed by atoms with E-state index in [4.69, 9.17) is 5.11 Å². The minimum absolute atomic E-state index is 0.0383. The van der Waals surface area contributed by atoms with Crippen LogP contribution in [-0.2, 0) is 13.0 Å². The molecule has 5 nitrogen and oxygen atoms in total. The number of carboxylic acid groups (broad SMARTS) is 1. The molecule has 0 spiro atoms. The number of aromatic nitrogens is 3. The smallest absolute Gasteiger partial charge is 0.358 e. The van der Waals surface area contributed by atoms with Crippen LogP contribution in [0, 0.1) is 0 Å². The van der Waals surface area contributed by atoms with Crippen molar-refractivity contribution in [2.24, 2.45) is 0 Å². The van der Waals surface area contributed by atoms with E-state index in [9.17, 15) is 4.79 Å². The van der Waals surface area contributed by atoms with Gasteiger partial charge < -0.3 is 5.11 Å². The summed E-state index contributed by atoms with van der Waals surface area (Å²) in [4.78, 5) is 10.9. The molecule has 0 bridgehead atoms. The molecule has 0 aliphatic heterocycles. The lowest BCUT2D eigenvalue weighted by atomic mass is 10.2. The predicted molar refractivity (Wildman–Crippen MR) is 60.4 cm³/mol. The van der Waals surface area contributed by atoms with Crippen molar-refractivity contribution < 1.29 is 9.90 Å². The van der Waals surface area contributed by atoms with Crippen LogP contribution < -0.4 is 0 Å². The normalized spacial score (nSPS) is 10.3. The Morgan fingerprint density at radius 2 is 2.31 bits per heavy atom. The highest BCUT2D eigenvalue weighted by atomic mass is 16.4. The lowest BCUT2D eigenvalue weighted by Gasteiger charge is -2.04. The van der Waals surface area contributed by atoms with Crippen LogP contribution in [0.2, 0.25) is 0 Å². The summed E-state index contributed by atoms with van der Waals surface area (Å²) < 4.78 is 1.67. The second-order valence-corrected chi connectivity index (χ2v) is 3.61. The molecule has 16 heavy (non-hydrogen) atoms. The highest BCUT2D eigenvalue weighted by Crippen LogP contribution is 2.09. The molecular formula is C11H17N3O2. The number of carboxylic acids is 1. The number of hydrogen-bond acceptors (Lipinski definition) is 3. The van der Waals surface area contributed by atoms with Gasteiger partial charge in [0.15, 0.2) is 5.69 Å². The van der Waals surface area contributed by atoms with Crippen LogP contribution in [0.15, 0.2) is 12.7 Å². The minimum Gasteiger partial charge on any atom is -0.476 e. The fourth-order valence-corrected chi connectivity index (χ4v) is 1.53. The molecule has 1 aromatic rings. The maximum atomic E-state index is 10.9. The van der Waals surface area contributed by atoms with Gasteiger partial charge in [0.2, 0.25) is 0 Å². The average Bonchev–Trinajstić information content (AvgIpc) is 2.63. The van der Waals surface area contributed by atoms with E-state index in [0.29, 0.717) is 12.1 Å². The van der Waals surface area contributed by atoms with Crippen molar-refractivity contribution in [2.45, 2.75) is 39.2 Å². The molecule has 0 fully saturated rings. The first-order chi connectivity index (χ1) is 7.70. The number of unbranched alkanes of at least 4 members (excludes halogenated alkanes) is 2. The van der Waals surface area contributed by atoms with Crippen LogP contribution in [0.1, 0.15) is 42.4 Å². The Morgan fingerprint density at radius 1 is 1.56 bits per heavy atom. The third-order valence-electron chi connectivity index (χ3n) is 2.35. The SMILES string of the molecule is C=CCc1c(C(=O)O)nnn1CCCCC. The van der Waals surface area contributed by atoms with Crippen LogP contribution in [0.4, 0.5) is 0 Å². The molecule has 0 saturated heterocycles. The van der Waals surface area contributed by atoms with Crippen molar-refractivity contribution in [1.82, 2.24) is 15.0 Å². The molecule has 1 heterocycles. The molecule has 88 valence electrons. The van der Waals surface area contributed by atoms with Gasteiger partial charge >= 0.3 is 5.97 Å². The first-order valence-electron chi connectivity index (χ1n) is 5.47. The van der Waals surface area contributed by atoms with Crippen molar-refractivity contribution >= 4 is 5.97 Å². The number of nitrogens with zero attached hydrogens (tertiary/aromatic N) is 3. The maximum absolute atomic E-state index is 10.9. The van der Waals surface area contributed by atoms with Gasteiger partial charge in [0.05, 0.1) is 5.69 Å². The Kier molecular flexibility index (Phi) is 4.69. The molecule has 0 saturated carbocycles. The topological polar surface area (TPSA) is 68.0 Å². The molecule has 0 aliphatic carbocycles. The zero-order chi connectivity index (χ0) is 12.0. The second kappa shape index (κ2) is 6.05. The fourth-order valence-electron chi connectivity index (χ4n) is 1.53. The van der Waals surface area contributed by atoms with Gasteiger partial charge in [-0.2, -0.15) is 0 Å². The van der Waals surface area contributed by atoms with Gasteiger partial charge in [-0.25, -0.2) is 9.48 Å². The highest BCUT2D eigenvalue weighted by Gasteiger charge is 2.17. The standard InChI is InChI=1S/C11H17N3O2/c1-3-5-6-8-14-9(7-4-2)10(11(15)16)12-13-14/h4H,2-3,5-8H2,1H3,(H,15,16). The summed E-state index contributed by atoms with van der Waals surface area (Å²) >= 11 is 0. The molecule has 0 aliphatic rings. The molecule has 1 aromatic heterocycles. The quantitative estimate of drug-likeness (QED) is 0.566. The lowest BCUT2D eigenvalue weighted by molar-refractivity contribution is 0.0689. The predicted octanol–water partition coefficient (Wildman–Crippen LogP) is 1.89. The molecular weight excluding hydrogens is 206 g/mol. The summed E-state index contributed by atoms with van der Waals surface area (Å²) in [6.45, 7) is 6.45. The number of allylic oxidation sites excluding steroid dienone is 1. The van der Waals surface area contributed by atoms with Crippen LogP contribution in [-0.4, -0.2) is 26.1 Å². The number of aromatic carboxylic acids is 1. The van der Waals surface area contributed by atoms with E-state index >= 15 is 0 Å². The van der Waals surface area contributed by atoms with E-state index in [0.717, 1.165) is 25.8 Å². The van der Waals surface area contributed by atoms with Crippen molar-refractivity contribution in [3.8, 4) is 0 Å². The van der Waals surface area contributed by atoms with E-state index in [1.807, 2.05) is 0 Å². The fraction of sp³-hybridized carbons (Fsp3) is 0.545. The molecule has 0 aromatic carbocycles. The molecule has 0 unspecified atom stereocenters. The lowest BCUT2D eigenvalue weighted by Crippen LogP contribution is -2.08.